The normalized spacial score (nSPS) is 10.7. The molecule has 0 atom stereocenters. The molecule has 4 nitrogen and oxygen atoms in total. The third-order valence-electron chi connectivity index (χ3n) is 2.38. The number of carboxylic acids is 1. The number of benzene rings is 1. The largest absolute Gasteiger partial charge is 0.481 e. The second kappa shape index (κ2) is 6.15. The number of aliphatic carboxylic acids is 1. The van der Waals surface area contributed by atoms with Crippen molar-refractivity contribution in [3.63, 3.8) is 0 Å². The molecule has 1 aromatic carbocycles. The SMILES string of the molecule is Cc1cnc(SCC(=O)O)n1-c1ccc(Cl)cc1I. The van der Waals surface area contributed by atoms with E-state index in [1.807, 2.05) is 29.7 Å². The quantitative estimate of drug-likeness (QED) is 0.620. The van der Waals surface area contributed by atoms with Crippen LogP contribution in [-0.4, -0.2) is 26.4 Å². The molecule has 1 heterocycles. The maximum Gasteiger partial charge on any atom is 0.313 e. The standard InChI is InChI=1S/C12H10ClIN2O2S/c1-7-5-15-12(19-6-11(17)18)16(7)10-3-2-8(13)4-9(10)14/h2-5H,6H2,1H3,(H,17,18). The van der Waals surface area contributed by atoms with Crippen molar-refractivity contribution in [1.82, 2.24) is 9.55 Å². The van der Waals surface area contributed by atoms with Gasteiger partial charge in [0.25, 0.3) is 0 Å². The Labute approximate surface area is 133 Å². The minimum atomic E-state index is -0.858. The van der Waals surface area contributed by atoms with Gasteiger partial charge in [0.05, 0.1) is 11.4 Å². The van der Waals surface area contributed by atoms with Crippen LogP contribution < -0.4 is 0 Å². The smallest absolute Gasteiger partial charge is 0.313 e. The molecule has 0 aliphatic carbocycles. The summed E-state index contributed by atoms with van der Waals surface area (Å²) in [6, 6.07) is 5.58. The fourth-order valence-corrected chi connectivity index (χ4v) is 3.46. The summed E-state index contributed by atoms with van der Waals surface area (Å²) in [5, 5.41) is 10.1. The highest BCUT2D eigenvalue weighted by atomic mass is 127. The summed E-state index contributed by atoms with van der Waals surface area (Å²) in [5.74, 6) is -0.872. The van der Waals surface area contributed by atoms with Crippen molar-refractivity contribution in [2.24, 2.45) is 0 Å². The Balaban J connectivity index is 2.43. The van der Waals surface area contributed by atoms with Gasteiger partial charge in [0, 0.05) is 20.5 Å². The molecule has 1 N–H and O–H groups in total. The van der Waals surface area contributed by atoms with Crippen LogP contribution in [0.5, 0.6) is 0 Å². The van der Waals surface area contributed by atoms with Crippen LogP contribution in [-0.2, 0) is 4.79 Å². The van der Waals surface area contributed by atoms with Gasteiger partial charge in [-0.25, -0.2) is 4.98 Å². The summed E-state index contributed by atoms with van der Waals surface area (Å²) < 4.78 is 2.93. The van der Waals surface area contributed by atoms with Gasteiger partial charge in [-0.3, -0.25) is 9.36 Å². The molecule has 7 heteroatoms. The van der Waals surface area contributed by atoms with E-state index >= 15 is 0 Å². The molecule has 0 saturated heterocycles. The number of thioether (sulfide) groups is 1. The second-order valence-corrected chi connectivity index (χ2v) is 6.34. The molecule has 0 spiro atoms. The number of imidazole rings is 1. The van der Waals surface area contributed by atoms with Gasteiger partial charge in [-0.1, -0.05) is 23.4 Å². The Kier molecular flexibility index (Phi) is 4.75. The molecule has 0 amide bonds. The van der Waals surface area contributed by atoms with E-state index in [4.69, 9.17) is 16.7 Å². The van der Waals surface area contributed by atoms with E-state index < -0.39 is 5.97 Å². The summed E-state index contributed by atoms with van der Waals surface area (Å²) in [6.45, 7) is 1.93. The third kappa shape index (κ3) is 3.43. The highest BCUT2D eigenvalue weighted by Gasteiger charge is 2.13. The molecule has 0 fully saturated rings. The molecule has 0 bridgehead atoms. The molecule has 0 unspecified atom stereocenters. The number of nitrogens with zero attached hydrogens (tertiary/aromatic N) is 2. The van der Waals surface area contributed by atoms with Crippen molar-refractivity contribution in [1.29, 1.82) is 0 Å². The molecule has 0 aliphatic heterocycles. The van der Waals surface area contributed by atoms with E-state index in [0.29, 0.717) is 10.2 Å². The number of carboxylic acid groups (broad SMARTS) is 1. The van der Waals surface area contributed by atoms with Crippen molar-refractivity contribution in [3.05, 3.63) is 38.7 Å². The lowest BCUT2D eigenvalue weighted by Crippen LogP contribution is -2.04. The lowest BCUT2D eigenvalue weighted by molar-refractivity contribution is -0.133. The van der Waals surface area contributed by atoms with Gasteiger partial charge in [-0.15, -0.1) is 0 Å². The average Bonchev–Trinajstić information content (AvgIpc) is 2.68. The summed E-state index contributed by atoms with van der Waals surface area (Å²) in [6.07, 6.45) is 1.73. The van der Waals surface area contributed by atoms with E-state index in [0.717, 1.165) is 15.0 Å². The van der Waals surface area contributed by atoms with Gasteiger partial charge in [0.1, 0.15) is 0 Å². The predicted octanol–water partition coefficient (Wildman–Crippen LogP) is 3.62. The highest BCUT2D eigenvalue weighted by molar-refractivity contribution is 14.1. The van der Waals surface area contributed by atoms with Gasteiger partial charge in [0.2, 0.25) is 0 Å². The predicted molar refractivity (Wildman–Crippen MR) is 84.4 cm³/mol. The van der Waals surface area contributed by atoms with E-state index in [2.05, 4.69) is 27.6 Å². The zero-order valence-electron chi connectivity index (χ0n) is 9.93. The number of aromatic nitrogens is 2. The number of carbonyl (C=O) groups is 1. The lowest BCUT2D eigenvalue weighted by Gasteiger charge is -2.11. The Morgan fingerprint density at radius 3 is 2.95 bits per heavy atom. The van der Waals surface area contributed by atoms with Crippen LogP contribution in [0.15, 0.2) is 29.6 Å². The van der Waals surface area contributed by atoms with Crippen LogP contribution in [0.2, 0.25) is 5.02 Å². The van der Waals surface area contributed by atoms with Crippen molar-refractivity contribution in [2.75, 3.05) is 5.75 Å². The van der Waals surface area contributed by atoms with Crippen LogP contribution in [0, 0.1) is 10.5 Å². The van der Waals surface area contributed by atoms with Crippen molar-refractivity contribution in [2.45, 2.75) is 12.1 Å². The van der Waals surface area contributed by atoms with Crippen LogP contribution in [0.25, 0.3) is 5.69 Å². The first-order chi connectivity index (χ1) is 8.99. The van der Waals surface area contributed by atoms with Crippen molar-refractivity contribution < 1.29 is 9.90 Å². The lowest BCUT2D eigenvalue weighted by atomic mass is 10.3. The topological polar surface area (TPSA) is 55.1 Å². The van der Waals surface area contributed by atoms with Crippen molar-refractivity contribution >= 4 is 51.9 Å². The molecular formula is C12H10ClIN2O2S. The highest BCUT2D eigenvalue weighted by Crippen LogP contribution is 2.27. The molecule has 0 radical (unpaired) electrons. The van der Waals surface area contributed by atoms with Gasteiger partial charge in [-0.05, 0) is 47.7 Å². The van der Waals surface area contributed by atoms with Crippen LogP contribution >= 0.6 is 46.0 Å². The Bertz CT molecular complexity index is 630. The van der Waals surface area contributed by atoms with E-state index in [-0.39, 0.29) is 5.75 Å². The number of hydrogen-bond acceptors (Lipinski definition) is 3. The third-order valence-corrected chi connectivity index (χ3v) is 4.42. The Hall–Kier alpha value is -0.730. The molecule has 100 valence electrons. The minimum Gasteiger partial charge on any atom is -0.481 e. The van der Waals surface area contributed by atoms with Crippen LogP contribution in [0.1, 0.15) is 5.69 Å². The fraction of sp³-hybridized carbons (Fsp3) is 0.167. The Morgan fingerprint density at radius 2 is 2.32 bits per heavy atom. The molecule has 0 saturated carbocycles. The first kappa shape index (κ1) is 14.7. The monoisotopic (exact) mass is 408 g/mol. The number of halogens is 2. The summed E-state index contributed by atoms with van der Waals surface area (Å²) in [5.41, 5.74) is 1.90. The minimum absolute atomic E-state index is 0.0133. The molecule has 2 rings (SSSR count). The maximum absolute atomic E-state index is 10.7. The summed E-state index contributed by atoms with van der Waals surface area (Å²) >= 11 is 9.35. The summed E-state index contributed by atoms with van der Waals surface area (Å²) in [4.78, 5) is 14.9. The zero-order valence-corrected chi connectivity index (χ0v) is 13.7. The maximum atomic E-state index is 10.7. The zero-order chi connectivity index (χ0) is 14.0. The van der Waals surface area contributed by atoms with E-state index in [1.165, 1.54) is 11.8 Å². The average molecular weight is 409 g/mol. The fourth-order valence-electron chi connectivity index (χ4n) is 1.60. The van der Waals surface area contributed by atoms with Crippen LogP contribution in [0.3, 0.4) is 0 Å². The van der Waals surface area contributed by atoms with Gasteiger partial charge < -0.3 is 5.11 Å². The molecular weight excluding hydrogens is 399 g/mol. The summed E-state index contributed by atoms with van der Waals surface area (Å²) in [7, 11) is 0. The van der Waals surface area contributed by atoms with Gasteiger partial charge >= 0.3 is 5.97 Å². The van der Waals surface area contributed by atoms with Gasteiger partial charge in [0.15, 0.2) is 5.16 Å². The molecule has 0 aliphatic rings. The molecule has 2 aromatic rings. The van der Waals surface area contributed by atoms with E-state index in [9.17, 15) is 4.79 Å². The Morgan fingerprint density at radius 1 is 1.58 bits per heavy atom. The van der Waals surface area contributed by atoms with Gasteiger partial charge in [-0.2, -0.15) is 0 Å². The molecule has 1 aromatic heterocycles. The number of aryl methyl sites for hydroxylation is 1. The second-order valence-electron chi connectivity index (χ2n) is 3.80. The number of hydrogen-bond donors (Lipinski definition) is 1. The molecule has 19 heavy (non-hydrogen) atoms. The van der Waals surface area contributed by atoms with E-state index in [1.54, 1.807) is 6.20 Å². The number of rotatable bonds is 4. The first-order valence-corrected chi connectivity index (χ1v) is 7.77. The van der Waals surface area contributed by atoms with Crippen LogP contribution in [0.4, 0.5) is 0 Å². The first-order valence-electron chi connectivity index (χ1n) is 5.33. The van der Waals surface area contributed by atoms with Crippen molar-refractivity contribution in [3.8, 4) is 5.69 Å².